The van der Waals surface area contributed by atoms with Crippen molar-refractivity contribution in [1.29, 1.82) is 0 Å². The molecule has 5 heteroatoms. The molecule has 1 heterocycles. The fraction of sp³-hybridized carbons (Fsp3) is 0.731. The van der Waals surface area contributed by atoms with Gasteiger partial charge in [0, 0.05) is 37.5 Å². The predicted molar refractivity (Wildman–Crippen MR) is 128 cm³/mol. The van der Waals surface area contributed by atoms with Crippen LogP contribution in [0.1, 0.15) is 68.2 Å². The first-order valence-electron chi connectivity index (χ1n) is 12.3. The second-order valence-electron chi connectivity index (χ2n) is 9.98. The van der Waals surface area contributed by atoms with E-state index >= 15 is 0 Å². The number of benzene rings is 1. The predicted octanol–water partition coefficient (Wildman–Crippen LogP) is 4.32. The number of likely N-dealkylation sites (tertiary alicyclic amines) is 1. The van der Waals surface area contributed by atoms with Crippen LogP contribution in [-0.4, -0.2) is 62.6 Å². The molecule has 1 saturated carbocycles. The van der Waals surface area contributed by atoms with Crippen molar-refractivity contribution in [3.8, 4) is 5.75 Å². The smallest absolute Gasteiger partial charge is 0.223 e. The highest BCUT2D eigenvalue weighted by Crippen LogP contribution is 2.34. The molecule has 1 atom stereocenters. The van der Waals surface area contributed by atoms with E-state index in [0.717, 1.165) is 64.2 Å². The minimum atomic E-state index is 0.273. The fourth-order valence-electron chi connectivity index (χ4n) is 4.97. The summed E-state index contributed by atoms with van der Waals surface area (Å²) in [5, 5.41) is 3.20. The highest BCUT2D eigenvalue weighted by Gasteiger charge is 2.32. The molecular formula is C26H43N3O2. The van der Waals surface area contributed by atoms with Crippen LogP contribution in [0.25, 0.3) is 0 Å². The van der Waals surface area contributed by atoms with Gasteiger partial charge in [-0.15, -0.1) is 0 Å². The normalized spacial score (nSPS) is 18.9. The van der Waals surface area contributed by atoms with Gasteiger partial charge in [-0.05, 0) is 89.9 Å². The lowest BCUT2D eigenvalue weighted by Crippen LogP contribution is -2.52. The lowest BCUT2D eigenvalue weighted by Gasteiger charge is -2.44. The molecule has 0 bridgehead atoms. The van der Waals surface area contributed by atoms with Crippen LogP contribution in [0.5, 0.6) is 5.75 Å². The maximum absolute atomic E-state index is 12.2. The number of nitrogens with zero attached hydrogens (tertiary/aromatic N) is 2. The summed E-state index contributed by atoms with van der Waals surface area (Å²) in [7, 11) is 4.22. The molecule has 1 aromatic carbocycles. The molecule has 1 aliphatic carbocycles. The first-order chi connectivity index (χ1) is 14.9. The number of rotatable bonds is 11. The third-order valence-corrected chi connectivity index (χ3v) is 7.31. The third-order valence-electron chi connectivity index (χ3n) is 7.31. The number of carbonyl (C=O) groups is 1. The molecule has 1 amide bonds. The van der Waals surface area contributed by atoms with Crippen LogP contribution in [0.4, 0.5) is 0 Å². The van der Waals surface area contributed by atoms with E-state index in [0.29, 0.717) is 12.0 Å². The van der Waals surface area contributed by atoms with E-state index in [1.54, 1.807) is 0 Å². The average molecular weight is 430 g/mol. The number of nitrogens with one attached hydrogen (secondary N) is 1. The van der Waals surface area contributed by atoms with Crippen molar-refractivity contribution in [2.75, 3.05) is 46.9 Å². The fourth-order valence-corrected chi connectivity index (χ4v) is 4.97. The second-order valence-corrected chi connectivity index (χ2v) is 9.98. The van der Waals surface area contributed by atoms with Gasteiger partial charge in [-0.1, -0.05) is 18.9 Å². The summed E-state index contributed by atoms with van der Waals surface area (Å²) < 4.78 is 6.08. The Bertz CT molecular complexity index is 722. The van der Waals surface area contributed by atoms with E-state index in [1.165, 1.54) is 29.5 Å². The summed E-state index contributed by atoms with van der Waals surface area (Å²) >= 11 is 0. The quantitative estimate of drug-likeness (QED) is 0.532. The molecule has 0 radical (unpaired) electrons. The zero-order chi connectivity index (χ0) is 22.4. The summed E-state index contributed by atoms with van der Waals surface area (Å²) in [6, 6.07) is 4.80. The number of carbonyl (C=O) groups excluding carboxylic acids is 1. The van der Waals surface area contributed by atoms with Gasteiger partial charge in [0.15, 0.2) is 0 Å². The highest BCUT2D eigenvalue weighted by molar-refractivity contribution is 5.78. The molecule has 5 nitrogen and oxygen atoms in total. The van der Waals surface area contributed by atoms with Crippen LogP contribution in [0.3, 0.4) is 0 Å². The van der Waals surface area contributed by atoms with Crippen LogP contribution < -0.4 is 10.1 Å². The maximum Gasteiger partial charge on any atom is 0.223 e. The lowest BCUT2D eigenvalue weighted by molar-refractivity contribution is -0.125. The summed E-state index contributed by atoms with van der Waals surface area (Å²) in [4.78, 5) is 17.0. The van der Waals surface area contributed by atoms with Gasteiger partial charge < -0.3 is 15.0 Å². The SMILES string of the molecule is Cc1c(OCCCCN(C)C)ccc(C(C)N2CC(CNC(=O)C3CCCC3)C2)c1C. The molecule has 1 unspecified atom stereocenters. The standard InChI is InChI=1S/C26H43N3O2/c1-19-20(2)25(31-15-9-8-14-28(4)5)13-12-24(19)21(3)29-17-22(18-29)16-27-26(30)23-10-6-7-11-23/h12-13,21-23H,6-11,14-18H2,1-5H3,(H,27,30). The molecule has 1 aromatic rings. The Morgan fingerprint density at radius 2 is 1.87 bits per heavy atom. The summed E-state index contributed by atoms with van der Waals surface area (Å²) in [6.45, 7) is 11.6. The van der Waals surface area contributed by atoms with Crippen molar-refractivity contribution in [2.45, 2.75) is 65.3 Å². The first-order valence-corrected chi connectivity index (χ1v) is 12.3. The minimum Gasteiger partial charge on any atom is -0.493 e. The van der Waals surface area contributed by atoms with Crippen molar-refractivity contribution < 1.29 is 9.53 Å². The number of amides is 1. The molecule has 3 rings (SSSR count). The number of hydrogen-bond donors (Lipinski definition) is 1. The topological polar surface area (TPSA) is 44.8 Å². The van der Waals surface area contributed by atoms with Crippen molar-refractivity contribution >= 4 is 5.91 Å². The Labute approximate surface area is 189 Å². The average Bonchev–Trinajstić information content (AvgIpc) is 3.24. The van der Waals surface area contributed by atoms with Gasteiger partial charge in [-0.3, -0.25) is 9.69 Å². The summed E-state index contributed by atoms with van der Waals surface area (Å²) in [6.07, 6.45) is 6.83. The Morgan fingerprint density at radius 1 is 1.16 bits per heavy atom. The van der Waals surface area contributed by atoms with Gasteiger partial charge in [-0.25, -0.2) is 0 Å². The molecule has 31 heavy (non-hydrogen) atoms. The van der Waals surface area contributed by atoms with Crippen molar-refractivity contribution in [3.63, 3.8) is 0 Å². The van der Waals surface area contributed by atoms with E-state index in [2.05, 4.69) is 62.1 Å². The van der Waals surface area contributed by atoms with Crippen molar-refractivity contribution in [2.24, 2.45) is 11.8 Å². The Kier molecular flexibility index (Phi) is 8.79. The molecule has 0 spiro atoms. The number of hydrogen-bond acceptors (Lipinski definition) is 4. The van der Waals surface area contributed by atoms with Gasteiger partial charge in [0.25, 0.3) is 0 Å². The summed E-state index contributed by atoms with van der Waals surface area (Å²) in [5.74, 6) is 2.16. The molecule has 0 aromatic heterocycles. The highest BCUT2D eigenvalue weighted by atomic mass is 16.5. The van der Waals surface area contributed by atoms with Gasteiger partial charge in [0.2, 0.25) is 5.91 Å². The molecular weight excluding hydrogens is 386 g/mol. The molecule has 1 saturated heterocycles. The van der Waals surface area contributed by atoms with E-state index in [-0.39, 0.29) is 11.8 Å². The van der Waals surface area contributed by atoms with E-state index in [9.17, 15) is 4.79 Å². The van der Waals surface area contributed by atoms with Crippen LogP contribution in [0, 0.1) is 25.7 Å². The molecule has 2 aliphatic rings. The zero-order valence-electron chi connectivity index (χ0n) is 20.4. The van der Waals surface area contributed by atoms with Gasteiger partial charge in [-0.2, -0.15) is 0 Å². The first kappa shape index (κ1) is 24.1. The number of unbranched alkanes of at least 4 members (excludes halogenated alkanes) is 1. The monoisotopic (exact) mass is 429 g/mol. The van der Waals surface area contributed by atoms with E-state index in [1.807, 2.05) is 0 Å². The Hall–Kier alpha value is -1.59. The van der Waals surface area contributed by atoms with Crippen LogP contribution in [-0.2, 0) is 4.79 Å². The molecule has 1 aliphatic heterocycles. The second kappa shape index (κ2) is 11.3. The third kappa shape index (κ3) is 6.45. The number of ether oxygens (including phenoxy) is 1. The van der Waals surface area contributed by atoms with Crippen molar-refractivity contribution in [1.82, 2.24) is 15.1 Å². The molecule has 2 fully saturated rings. The van der Waals surface area contributed by atoms with Crippen LogP contribution >= 0.6 is 0 Å². The van der Waals surface area contributed by atoms with Gasteiger partial charge in [0.05, 0.1) is 6.61 Å². The minimum absolute atomic E-state index is 0.273. The largest absolute Gasteiger partial charge is 0.493 e. The lowest BCUT2D eigenvalue weighted by atomic mass is 9.91. The zero-order valence-corrected chi connectivity index (χ0v) is 20.4. The van der Waals surface area contributed by atoms with E-state index in [4.69, 9.17) is 4.74 Å². The van der Waals surface area contributed by atoms with Crippen LogP contribution in [0.2, 0.25) is 0 Å². The van der Waals surface area contributed by atoms with Crippen LogP contribution in [0.15, 0.2) is 12.1 Å². The Morgan fingerprint density at radius 3 is 2.55 bits per heavy atom. The molecule has 174 valence electrons. The van der Waals surface area contributed by atoms with Gasteiger partial charge >= 0.3 is 0 Å². The maximum atomic E-state index is 12.2. The summed E-state index contributed by atoms with van der Waals surface area (Å²) in [5.41, 5.74) is 4.00. The van der Waals surface area contributed by atoms with Gasteiger partial charge in [0.1, 0.15) is 5.75 Å². The van der Waals surface area contributed by atoms with E-state index < -0.39 is 0 Å². The Balaban J connectivity index is 1.43. The van der Waals surface area contributed by atoms with Crippen molar-refractivity contribution in [3.05, 3.63) is 28.8 Å². The molecule has 1 N–H and O–H groups in total.